The van der Waals surface area contributed by atoms with Crippen molar-refractivity contribution in [3.63, 3.8) is 0 Å². The number of nitrogens with one attached hydrogen (secondary N) is 1. The molecule has 0 aliphatic rings. The van der Waals surface area contributed by atoms with E-state index in [1.54, 1.807) is 30.6 Å². The molecule has 1 aromatic heterocycles. The normalized spacial score (nSPS) is 10.8. The van der Waals surface area contributed by atoms with E-state index in [9.17, 15) is 9.59 Å². The molecule has 108 valence electrons. The minimum atomic E-state index is -0.993. The van der Waals surface area contributed by atoms with Crippen molar-refractivity contribution in [1.82, 2.24) is 4.98 Å². The number of carboxylic acids is 1. The van der Waals surface area contributed by atoms with Gasteiger partial charge in [-0.15, -0.1) is 11.3 Å². The number of aliphatic carboxylic acids is 1. The van der Waals surface area contributed by atoms with Crippen LogP contribution in [0.5, 0.6) is 0 Å². The van der Waals surface area contributed by atoms with Gasteiger partial charge in [0.15, 0.2) is 0 Å². The lowest BCUT2D eigenvalue weighted by atomic mass is 10.1. The molecule has 2 aromatic rings. The molecule has 0 radical (unpaired) electrons. The molecule has 0 fully saturated rings. The third-order valence-corrected chi connectivity index (χ3v) is 3.81. The van der Waals surface area contributed by atoms with E-state index in [-0.39, 0.29) is 5.91 Å². The quantitative estimate of drug-likeness (QED) is 0.850. The van der Waals surface area contributed by atoms with Crippen molar-refractivity contribution in [1.29, 1.82) is 0 Å². The average molecular weight is 302 g/mol. The zero-order chi connectivity index (χ0) is 15.4. The van der Waals surface area contributed by atoms with Crippen LogP contribution in [0.4, 0.5) is 5.69 Å². The Balaban J connectivity index is 2.15. The Morgan fingerprint density at radius 1 is 1.33 bits per heavy atom. The maximum Gasteiger partial charge on any atom is 0.328 e. The second-order valence-electron chi connectivity index (χ2n) is 4.46. The topological polar surface area (TPSA) is 79.3 Å². The lowest BCUT2D eigenvalue weighted by Crippen LogP contribution is -2.11. The molecular formula is C15H14N2O3S. The van der Waals surface area contributed by atoms with Gasteiger partial charge < -0.3 is 10.4 Å². The van der Waals surface area contributed by atoms with Crippen molar-refractivity contribution >= 4 is 35.0 Å². The molecule has 0 aliphatic carbocycles. The maximum atomic E-state index is 12.1. The van der Waals surface area contributed by atoms with Crippen molar-refractivity contribution in [2.75, 3.05) is 5.32 Å². The van der Waals surface area contributed by atoms with Crippen LogP contribution in [0.15, 0.2) is 29.8 Å². The number of thiazole rings is 1. The molecule has 0 bridgehead atoms. The second kappa shape index (κ2) is 6.32. The van der Waals surface area contributed by atoms with Gasteiger partial charge in [-0.05, 0) is 43.2 Å². The van der Waals surface area contributed by atoms with Crippen LogP contribution in [0.25, 0.3) is 6.08 Å². The van der Waals surface area contributed by atoms with Gasteiger partial charge in [-0.2, -0.15) is 0 Å². The van der Waals surface area contributed by atoms with Crippen LogP contribution in [-0.2, 0) is 4.79 Å². The standard InChI is InChI=1S/C15H14N2O3S/c1-9-7-12(5-3-11(9)4-6-13(18)19)17-15(20)14-10(2)16-8-21-14/h3-8H,1-2H3,(H,17,20)(H,18,19). The highest BCUT2D eigenvalue weighted by molar-refractivity contribution is 7.12. The van der Waals surface area contributed by atoms with Crippen LogP contribution in [0.1, 0.15) is 26.5 Å². The Bertz CT molecular complexity index is 719. The van der Waals surface area contributed by atoms with Gasteiger partial charge >= 0.3 is 5.97 Å². The van der Waals surface area contributed by atoms with E-state index in [0.717, 1.165) is 17.2 Å². The van der Waals surface area contributed by atoms with Crippen molar-refractivity contribution in [3.8, 4) is 0 Å². The van der Waals surface area contributed by atoms with Crippen LogP contribution in [0.3, 0.4) is 0 Å². The van der Waals surface area contributed by atoms with E-state index < -0.39 is 5.97 Å². The maximum absolute atomic E-state index is 12.1. The smallest absolute Gasteiger partial charge is 0.328 e. The summed E-state index contributed by atoms with van der Waals surface area (Å²) >= 11 is 1.30. The number of nitrogens with zero attached hydrogens (tertiary/aromatic N) is 1. The molecule has 0 aliphatic heterocycles. The molecule has 0 saturated carbocycles. The van der Waals surface area contributed by atoms with Gasteiger partial charge in [0.05, 0.1) is 11.2 Å². The van der Waals surface area contributed by atoms with E-state index in [2.05, 4.69) is 10.3 Å². The molecule has 2 rings (SSSR count). The van der Waals surface area contributed by atoms with Crippen molar-refractivity contribution in [3.05, 3.63) is 51.5 Å². The first kappa shape index (κ1) is 14.9. The van der Waals surface area contributed by atoms with Crippen LogP contribution in [0.2, 0.25) is 0 Å². The first-order valence-corrected chi connectivity index (χ1v) is 7.08. The first-order chi connectivity index (χ1) is 9.97. The van der Waals surface area contributed by atoms with E-state index in [0.29, 0.717) is 16.3 Å². The zero-order valence-electron chi connectivity index (χ0n) is 11.6. The van der Waals surface area contributed by atoms with Crippen LogP contribution < -0.4 is 5.32 Å². The lowest BCUT2D eigenvalue weighted by molar-refractivity contribution is -0.131. The number of aromatic nitrogens is 1. The summed E-state index contributed by atoms with van der Waals surface area (Å²) in [5, 5.41) is 11.4. The summed E-state index contributed by atoms with van der Waals surface area (Å²) in [5.74, 6) is -1.18. The van der Waals surface area contributed by atoms with E-state index in [4.69, 9.17) is 5.11 Å². The van der Waals surface area contributed by atoms with Gasteiger partial charge in [0, 0.05) is 11.8 Å². The Morgan fingerprint density at radius 2 is 2.10 bits per heavy atom. The fraction of sp³-hybridized carbons (Fsp3) is 0.133. The van der Waals surface area contributed by atoms with Crippen molar-refractivity contribution in [2.24, 2.45) is 0 Å². The minimum absolute atomic E-state index is 0.191. The summed E-state index contributed by atoms with van der Waals surface area (Å²) in [7, 11) is 0. The molecule has 5 nitrogen and oxygen atoms in total. The third-order valence-electron chi connectivity index (χ3n) is 2.88. The molecule has 0 atom stereocenters. The van der Waals surface area contributed by atoms with Gasteiger partial charge in [-0.1, -0.05) is 6.07 Å². The van der Waals surface area contributed by atoms with Crippen molar-refractivity contribution < 1.29 is 14.7 Å². The van der Waals surface area contributed by atoms with Gasteiger partial charge in [-0.3, -0.25) is 4.79 Å². The Kier molecular flexibility index (Phi) is 4.49. The summed E-state index contributed by atoms with van der Waals surface area (Å²) in [6.45, 7) is 3.64. The summed E-state index contributed by atoms with van der Waals surface area (Å²) in [5.41, 5.74) is 4.68. The predicted octanol–water partition coefficient (Wildman–Crippen LogP) is 3.11. The molecule has 1 heterocycles. The lowest BCUT2D eigenvalue weighted by Gasteiger charge is -2.07. The summed E-state index contributed by atoms with van der Waals surface area (Å²) < 4.78 is 0. The monoisotopic (exact) mass is 302 g/mol. The molecule has 21 heavy (non-hydrogen) atoms. The van der Waals surface area contributed by atoms with Gasteiger partial charge in [-0.25, -0.2) is 9.78 Å². The molecular weight excluding hydrogens is 288 g/mol. The Hall–Kier alpha value is -2.47. The number of carboxylic acid groups (broad SMARTS) is 1. The first-order valence-electron chi connectivity index (χ1n) is 6.20. The second-order valence-corrected chi connectivity index (χ2v) is 5.32. The number of carbonyl (C=O) groups excluding carboxylic acids is 1. The van der Waals surface area contributed by atoms with E-state index >= 15 is 0 Å². The minimum Gasteiger partial charge on any atom is -0.478 e. The Morgan fingerprint density at radius 3 is 2.67 bits per heavy atom. The van der Waals surface area contributed by atoms with Gasteiger partial charge in [0.1, 0.15) is 4.88 Å². The molecule has 1 aromatic carbocycles. The number of rotatable bonds is 4. The van der Waals surface area contributed by atoms with Gasteiger partial charge in [0.2, 0.25) is 0 Å². The number of benzene rings is 1. The molecule has 0 spiro atoms. The van der Waals surface area contributed by atoms with Crippen molar-refractivity contribution in [2.45, 2.75) is 13.8 Å². The Labute approximate surface area is 126 Å². The number of anilines is 1. The highest BCUT2D eigenvalue weighted by Gasteiger charge is 2.12. The highest BCUT2D eigenvalue weighted by Crippen LogP contribution is 2.19. The van der Waals surface area contributed by atoms with Crippen LogP contribution in [-0.4, -0.2) is 22.0 Å². The van der Waals surface area contributed by atoms with E-state index in [1.165, 1.54) is 17.4 Å². The largest absolute Gasteiger partial charge is 0.478 e. The van der Waals surface area contributed by atoms with Crippen LogP contribution >= 0.6 is 11.3 Å². The predicted molar refractivity (Wildman–Crippen MR) is 82.7 cm³/mol. The zero-order valence-corrected chi connectivity index (χ0v) is 12.4. The number of hydrogen-bond acceptors (Lipinski definition) is 4. The van der Waals surface area contributed by atoms with Gasteiger partial charge in [0.25, 0.3) is 5.91 Å². The number of amides is 1. The van der Waals surface area contributed by atoms with Crippen LogP contribution in [0, 0.1) is 13.8 Å². The fourth-order valence-corrected chi connectivity index (χ4v) is 2.51. The average Bonchev–Trinajstić information content (AvgIpc) is 2.84. The summed E-state index contributed by atoms with van der Waals surface area (Å²) in [6, 6.07) is 5.31. The molecule has 0 unspecified atom stereocenters. The molecule has 6 heteroatoms. The number of carbonyl (C=O) groups is 2. The SMILES string of the molecule is Cc1cc(NC(=O)c2scnc2C)ccc1C=CC(=O)O. The number of aryl methyl sites for hydroxylation is 2. The number of hydrogen-bond donors (Lipinski definition) is 2. The molecule has 0 saturated heterocycles. The highest BCUT2D eigenvalue weighted by atomic mass is 32.1. The fourth-order valence-electron chi connectivity index (χ4n) is 1.81. The molecule has 1 amide bonds. The third kappa shape index (κ3) is 3.76. The summed E-state index contributed by atoms with van der Waals surface area (Å²) in [4.78, 5) is 27.2. The van der Waals surface area contributed by atoms with E-state index in [1.807, 2.05) is 6.92 Å². The summed E-state index contributed by atoms with van der Waals surface area (Å²) in [6.07, 6.45) is 2.61. The molecule has 2 N–H and O–H groups in total.